The molecule has 1 fully saturated rings. The van der Waals surface area contributed by atoms with Gasteiger partial charge < -0.3 is 10.2 Å². The predicted octanol–water partition coefficient (Wildman–Crippen LogP) is 2.23. The lowest BCUT2D eigenvalue weighted by Gasteiger charge is -2.18. The van der Waals surface area contributed by atoms with E-state index in [1.165, 1.54) is 11.0 Å². The molecular weight excluding hydrogens is 278 g/mol. The summed E-state index contributed by atoms with van der Waals surface area (Å²) < 4.78 is 26.6. The highest BCUT2D eigenvalue weighted by Gasteiger charge is 2.38. The number of halogens is 2. The average Bonchev–Trinajstić information content (AvgIpc) is 2.80. The van der Waals surface area contributed by atoms with Crippen LogP contribution >= 0.6 is 0 Å². The van der Waals surface area contributed by atoms with Crippen molar-refractivity contribution < 1.29 is 18.4 Å². The second-order valence-electron chi connectivity index (χ2n) is 5.24. The van der Waals surface area contributed by atoms with E-state index in [1.54, 1.807) is 0 Å². The van der Waals surface area contributed by atoms with Gasteiger partial charge in [0.25, 0.3) is 0 Å². The Hall–Kier alpha value is -1.98. The smallest absolute Gasteiger partial charge is 0.239 e. The largest absolute Gasteiger partial charge is 0.353 e. The summed E-state index contributed by atoms with van der Waals surface area (Å²) in [5.41, 5.74) is 0.0141. The highest BCUT2D eigenvalue weighted by molar-refractivity contribution is 6.09. The van der Waals surface area contributed by atoms with Crippen LogP contribution in [0.4, 0.5) is 14.5 Å². The fourth-order valence-corrected chi connectivity index (χ4v) is 2.31. The summed E-state index contributed by atoms with van der Waals surface area (Å²) in [4.78, 5) is 25.5. The summed E-state index contributed by atoms with van der Waals surface area (Å²) in [6, 6.07) is 3.03. The van der Waals surface area contributed by atoms with Crippen molar-refractivity contribution in [1.82, 2.24) is 5.32 Å². The zero-order valence-corrected chi connectivity index (χ0v) is 12.0. The molecule has 1 aromatic rings. The number of hydrogen-bond donors (Lipinski definition) is 1. The minimum atomic E-state index is -0.802. The molecule has 2 atom stereocenters. The van der Waals surface area contributed by atoms with E-state index in [4.69, 9.17) is 0 Å². The van der Waals surface area contributed by atoms with Crippen molar-refractivity contribution >= 4 is 17.5 Å². The first-order valence-corrected chi connectivity index (χ1v) is 7.00. The first kappa shape index (κ1) is 15.4. The lowest BCUT2D eigenvalue weighted by atomic mass is 10.1. The van der Waals surface area contributed by atoms with E-state index >= 15 is 0 Å². The second kappa shape index (κ2) is 6.20. The zero-order valence-electron chi connectivity index (χ0n) is 12.0. The number of anilines is 1. The first-order valence-electron chi connectivity index (χ1n) is 7.00. The number of nitrogens with zero attached hydrogens (tertiary/aromatic N) is 1. The molecule has 0 aromatic heterocycles. The molecular formula is C15H18F2N2O2. The Bertz CT molecular complexity index is 563. The quantitative estimate of drug-likeness (QED) is 0.866. The molecule has 2 rings (SSSR count). The third kappa shape index (κ3) is 3.20. The summed E-state index contributed by atoms with van der Waals surface area (Å²) in [6.07, 6.45) is 1.10. The molecule has 4 nitrogen and oxygen atoms in total. The van der Waals surface area contributed by atoms with Gasteiger partial charge in [0, 0.05) is 18.7 Å². The van der Waals surface area contributed by atoms with Crippen molar-refractivity contribution in [2.75, 3.05) is 11.4 Å². The van der Waals surface area contributed by atoms with Crippen molar-refractivity contribution in [2.24, 2.45) is 5.92 Å². The number of carbonyl (C=O) groups excluding carboxylic acids is 2. The van der Waals surface area contributed by atoms with E-state index < -0.39 is 23.5 Å². The first-order chi connectivity index (χ1) is 9.93. The van der Waals surface area contributed by atoms with E-state index in [2.05, 4.69) is 5.32 Å². The molecule has 0 spiro atoms. The molecule has 1 saturated heterocycles. The number of hydrogen-bond acceptors (Lipinski definition) is 2. The van der Waals surface area contributed by atoms with Crippen LogP contribution in [0.25, 0.3) is 0 Å². The normalized spacial score (nSPS) is 19.7. The molecule has 0 aliphatic carbocycles. The van der Waals surface area contributed by atoms with Gasteiger partial charge in [-0.2, -0.15) is 0 Å². The monoisotopic (exact) mass is 296 g/mol. The summed E-state index contributed by atoms with van der Waals surface area (Å²) in [6.45, 7) is 4.04. The van der Waals surface area contributed by atoms with Gasteiger partial charge in [0.2, 0.25) is 11.8 Å². The van der Waals surface area contributed by atoms with Gasteiger partial charge in [-0.3, -0.25) is 9.59 Å². The molecule has 2 amide bonds. The Morgan fingerprint density at radius 2 is 2.19 bits per heavy atom. The number of rotatable bonds is 4. The van der Waals surface area contributed by atoms with Gasteiger partial charge in [-0.25, -0.2) is 8.78 Å². The lowest BCUT2D eigenvalue weighted by Crippen LogP contribution is -2.40. The van der Waals surface area contributed by atoms with Crippen LogP contribution in [0.15, 0.2) is 18.2 Å². The Kier molecular flexibility index (Phi) is 4.55. The number of carbonyl (C=O) groups is 2. The van der Waals surface area contributed by atoms with Crippen LogP contribution in [0.1, 0.15) is 26.7 Å². The molecule has 1 aliphatic heterocycles. The minimum Gasteiger partial charge on any atom is -0.353 e. The Balaban J connectivity index is 2.13. The van der Waals surface area contributed by atoms with Crippen LogP contribution in [0, 0.1) is 17.6 Å². The standard InChI is InChI=1S/C15H18F2N2O2/c1-3-9(2)18-14(20)11-6-7-19(15(11)21)13-5-4-10(16)8-12(13)17/h4-5,8-9,11H,3,6-7H2,1-2H3,(H,18,20). The highest BCUT2D eigenvalue weighted by atomic mass is 19.1. The maximum Gasteiger partial charge on any atom is 0.239 e. The fraction of sp³-hybridized carbons (Fsp3) is 0.467. The van der Waals surface area contributed by atoms with E-state index in [1.807, 2.05) is 13.8 Å². The molecule has 0 radical (unpaired) electrons. The predicted molar refractivity (Wildman–Crippen MR) is 74.7 cm³/mol. The van der Waals surface area contributed by atoms with Crippen LogP contribution in [0.2, 0.25) is 0 Å². The summed E-state index contributed by atoms with van der Waals surface area (Å²) in [5.74, 6) is -3.08. The second-order valence-corrected chi connectivity index (χ2v) is 5.24. The summed E-state index contributed by atoms with van der Waals surface area (Å²) in [5, 5.41) is 2.76. The van der Waals surface area contributed by atoms with Crippen LogP contribution in [0.3, 0.4) is 0 Å². The minimum absolute atomic E-state index is 0.0121. The topological polar surface area (TPSA) is 49.4 Å². The molecule has 1 aromatic carbocycles. The van der Waals surface area contributed by atoms with Gasteiger partial charge in [-0.15, -0.1) is 0 Å². The van der Waals surface area contributed by atoms with Crippen LogP contribution in [-0.2, 0) is 9.59 Å². The average molecular weight is 296 g/mol. The molecule has 1 aliphatic rings. The Morgan fingerprint density at radius 3 is 2.81 bits per heavy atom. The van der Waals surface area contributed by atoms with Gasteiger partial charge >= 0.3 is 0 Å². The molecule has 21 heavy (non-hydrogen) atoms. The maximum absolute atomic E-state index is 13.7. The molecule has 2 unspecified atom stereocenters. The van der Waals surface area contributed by atoms with E-state index in [0.29, 0.717) is 6.42 Å². The molecule has 114 valence electrons. The molecule has 0 bridgehead atoms. The fourth-order valence-electron chi connectivity index (χ4n) is 2.31. The Labute approximate surface area is 122 Å². The maximum atomic E-state index is 13.7. The van der Waals surface area contributed by atoms with E-state index in [-0.39, 0.29) is 24.2 Å². The number of nitrogens with one attached hydrogen (secondary N) is 1. The third-order valence-corrected chi connectivity index (χ3v) is 3.72. The summed E-state index contributed by atoms with van der Waals surface area (Å²) in [7, 11) is 0. The van der Waals surface area contributed by atoms with E-state index in [0.717, 1.165) is 18.6 Å². The SMILES string of the molecule is CCC(C)NC(=O)C1CCN(c2ccc(F)cc2F)C1=O. The lowest BCUT2D eigenvalue weighted by molar-refractivity contribution is -0.132. The highest BCUT2D eigenvalue weighted by Crippen LogP contribution is 2.28. The van der Waals surface area contributed by atoms with Gasteiger partial charge in [0.05, 0.1) is 5.69 Å². The van der Waals surface area contributed by atoms with Crippen LogP contribution in [0.5, 0.6) is 0 Å². The van der Waals surface area contributed by atoms with Gasteiger partial charge in [0.15, 0.2) is 0 Å². The van der Waals surface area contributed by atoms with Crippen molar-refractivity contribution in [3.05, 3.63) is 29.8 Å². The van der Waals surface area contributed by atoms with Gasteiger partial charge in [0.1, 0.15) is 17.6 Å². The van der Waals surface area contributed by atoms with Gasteiger partial charge in [-0.05, 0) is 31.9 Å². The number of benzene rings is 1. The summed E-state index contributed by atoms with van der Waals surface area (Å²) >= 11 is 0. The van der Waals surface area contributed by atoms with Crippen LogP contribution in [-0.4, -0.2) is 24.4 Å². The Morgan fingerprint density at radius 1 is 1.48 bits per heavy atom. The molecule has 0 saturated carbocycles. The van der Waals surface area contributed by atoms with Crippen molar-refractivity contribution in [3.8, 4) is 0 Å². The zero-order chi connectivity index (χ0) is 15.6. The molecule has 1 heterocycles. The molecule has 1 N–H and O–H groups in total. The van der Waals surface area contributed by atoms with E-state index in [9.17, 15) is 18.4 Å². The molecule has 6 heteroatoms. The van der Waals surface area contributed by atoms with Crippen molar-refractivity contribution in [3.63, 3.8) is 0 Å². The van der Waals surface area contributed by atoms with Crippen molar-refractivity contribution in [2.45, 2.75) is 32.7 Å². The number of amides is 2. The van der Waals surface area contributed by atoms with Gasteiger partial charge in [-0.1, -0.05) is 6.92 Å². The van der Waals surface area contributed by atoms with Crippen molar-refractivity contribution in [1.29, 1.82) is 0 Å². The van der Waals surface area contributed by atoms with Crippen LogP contribution < -0.4 is 10.2 Å². The third-order valence-electron chi connectivity index (χ3n) is 3.72.